The molecule has 0 heterocycles. The van der Waals surface area contributed by atoms with E-state index in [0.29, 0.717) is 5.75 Å². The number of hydrogen-bond donors (Lipinski definition) is 1. The number of nitrogens with zero attached hydrogens (tertiary/aromatic N) is 1. The number of rotatable bonds is 6. The zero-order valence-corrected chi connectivity index (χ0v) is 14.1. The van der Waals surface area contributed by atoms with Gasteiger partial charge in [-0.1, -0.05) is 6.07 Å². The number of nitro benzene ring substituents is 1. The Balaban J connectivity index is 2.47. The summed E-state index contributed by atoms with van der Waals surface area (Å²) in [5.74, 6) is 0.766. The monoisotopic (exact) mass is 352 g/mol. The van der Waals surface area contributed by atoms with Crippen LogP contribution in [-0.2, 0) is 10.0 Å². The van der Waals surface area contributed by atoms with Crippen molar-refractivity contribution in [3.63, 3.8) is 0 Å². The maximum absolute atomic E-state index is 12.6. The molecule has 1 N–H and O–H groups in total. The quantitative estimate of drug-likeness (QED) is 0.632. The zero-order chi connectivity index (χ0) is 17.9. The van der Waals surface area contributed by atoms with Gasteiger partial charge in [-0.3, -0.25) is 14.8 Å². The van der Waals surface area contributed by atoms with E-state index >= 15 is 0 Å². The van der Waals surface area contributed by atoms with Crippen LogP contribution < -0.4 is 14.2 Å². The van der Waals surface area contributed by atoms with E-state index in [1.807, 2.05) is 0 Å². The molecule has 2 rings (SSSR count). The highest BCUT2D eigenvalue weighted by atomic mass is 32.2. The molecule has 0 saturated carbocycles. The highest BCUT2D eigenvalue weighted by Gasteiger charge is 2.24. The van der Waals surface area contributed by atoms with Crippen LogP contribution in [0, 0.1) is 17.0 Å². The van der Waals surface area contributed by atoms with Crippen molar-refractivity contribution in [2.45, 2.75) is 11.8 Å². The van der Waals surface area contributed by atoms with E-state index < -0.39 is 14.9 Å². The van der Waals surface area contributed by atoms with Crippen LogP contribution in [0.25, 0.3) is 0 Å². The second-order valence-corrected chi connectivity index (χ2v) is 6.48. The molecule has 2 aromatic rings. The van der Waals surface area contributed by atoms with Gasteiger partial charge in [0, 0.05) is 17.7 Å². The molecule has 8 nitrogen and oxygen atoms in total. The molecule has 2 aromatic carbocycles. The van der Waals surface area contributed by atoms with Gasteiger partial charge in [-0.25, -0.2) is 8.42 Å². The van der Waals surface area contributed by atoms with Crippen LogP contribution in [0.5, 0.6) is 11.5 Å². The average Bonchev–Trinajstić information content (AvgIpc) is 2.54. The molecule has 0 aliphatic carbocycles. The fourth-order valence-electron chi connectivity index (χ4n) is 2.17. The molecule has 0 amide bonds. The Morgan fingerprint density at radius 3 is 2.42 bits per heavy atom. The predicted molar refractivity (Wildman–Crippen MR) is 88.2 cm³/mol. The molecular formula is C15H16N2O6S. The third-order valence-electron chi connectivity index (χ3n) is 3.39. The summed E-state index contributed by atoms with van der Waals surface area (Å²) in [5.41, 5.74) is -0.00810. The molecule has 0 fully saturated rings. The Bertz CT molecular complexity index is 880. The Labute approximate surface area is 139 Å². The maximum atomic E-state index is 12.6. The summed E-state index contributed by atoms with van der Waals surface area (Å²) in [6, 6.07) is 8.47. The molecule has 0 unspecified atom stereocenters. The Morgan fingerprint density at radius 2 is 1.83 bits per heavy atom. The minimum atomic E-state index is -4.03. The smallest absolute Gasteiger partial charge is 0.273 e. The lowest BCUT2D eigenvalue weighted by molar-refractivity contribution is -0.385. The van der Waals surface area contributed by atoms with Crippen LogP contribution in [0.3, 0.4) is 0 Å². The van der Waals surface area contributed by atoms with E-state index in [0.717, 1.165) is 0 Å². The predicted octanol–water partition coefficient (Wildman–Crippen LogP) is 2.72. The summed E-state index contributed by atoms with van der Waals surface area (Å²) < 4.78 is 37.8. The van der Waals surface area contributed by atoms with Gasteiger partial charge in [0.15, 0.2) is 0 Å². The third-order valence-corrected chi connectivity index (χ3v) is 4.90. The molecule has 128 valence electrons. The number of nitrogens with one attached hydrogen (secondary N) is 1. The number of ether oxygens (including phenoxy) is 2. The first kappa shape index (κ1) is 17.5. The number of sulfonamides is 1. The van der Waals surface area contributed by atoms with Gasteiger partial charge >= 0.3 is 0 Å². The average molecular weight is 352 g/mol. The lowest BCUT2D eigenvalue weighted by Crippen LogP contribution is -2.15. The van der Waals surface area contributed by atoms with Crippen molar-refractivity contribution < 1.29 is 22.8 Å². The highest BCUT2D eigenvalue weighted by molar-refractivity contribution is 7.92. The van der Waals surface area contributed by atoms with E-state index in [1.165, 1.54) is 51.5 Å². The Kier molecular flexibility index (Phi) is 4.93. The van der Waals surface area contributed by atoms with Crippen LogP contribution >= 0.6 is 0 Å². The van der Waals surface area contributed by atoms with Crippen LogP contribution in [0.1, 0.15) is 5.56 Å². The van der Waals surface area contributed by atoms with Gasteiger partial charge < -0.3 is 9.47 Å². The van der Waals surface area contributed by atoms with Crippen LogP contribution in [0.2, 0.25) is 0 Å². The van der Waals surface area contributed by atoms with Crippen LogP contribution in [-0.4, -0.2) is 27.6 Å². The van der Waals surface area contributed by atoms with Gasteiger partial charge in [0.05, 0.1) is 29.7 Å². The van der Waals surface area contributed by atoms with Gasteiger partial charge in [-0.15, -0.1) is 0 Å². The van der Waals surface area contributed by atoms with Crippen molar-refractivity contribution >= 4 is 21.4 Å². The summed E-state index contributed by atoms with van der Waals surface area (Å²) in [5, 5.41) is 11.0. The minimum absolute atomic E-state index is 0.0579. The first-order valence-electron chi connectivity index (χ1n) is 6.79. The van der Waals surface area contributed by atoms with Crippen LogP contribution in [0.15, 0.2) is 41.3 Å². The molecule has 0 bridgehead atoms. The lowest BCUT2D eigenvalue weighted by Gasteiger charge is -2.14. The van der Waals surface area contributed by atoms with E-state index in [4.69, 9.17) is 9.47 Å². The van der Waals surface area contributed by atoms with E-state index in [-0.39, 0.29) is 27.6 Å². The standard InChI is InChI=1S/C15H16N2O6S/c1-10-13(17(18)19)5-4-6-15(10)24(20,21)16-12-8-7-11(22-2)9-14(12)23-3/h4-9,16H,1-3H3. The number of benzene rings is 2. The summed E-state index contributed by atoms with van der Waals surface area (Å²) in [7, 11) is -1.16. The summed E-state index contributed by atoms with van der Waals surface area (Å²) in [6.45, 7) is 1.39. The van der Waals surface area contributed by atoms with Gasteiger partial charge in [-0.05, 0) is 25.1 Å². The van der Waals surface area contributed by atoms with Crippen molar-refractivity contribution in [1.29, 1.82) is 0 Å². The fraction of sp³-hybridized carbons (Fsp3) is 0.200. The highest BCUT2D eigenvalue weighted by Crippen LogP contribution is 2.32. The Morgan fingerprint density at radius 1 is 1.12 bits per heavy atom. The van der Waals surface area contributed by atoms with Gasteiger partial charge in [0.25, 0.3) is 15.7 Å². The first-order chi connectivity index (χ1) is 11.3. The Hall–Kier alpha value is -2.81. The number of hydrogen-bond acceptors (Lipinski definition) is 6. The number of nitro groups is 1. The molecule has 0 spiro atoms. The second kappa shape index (κ2) is 6.75. The molecule has 0 aliphatic rings. The van der Waals surface area contributed by atoms with E-state index in [1.54, 1.807) is 6.07 Å². The number of methoxy groups -OCH3 is 2. The second-order valence-electron chi connectivity index (χ2n) is 4.83. The van der Waals surface area contributed by atoms with Crippen molar-refractivity contribution in [3.05, 3.63) is 52.1 Å². The van der Waals surface area contributed by atoms with Gasteiger partial charge in [0.1, 0.15) is 11.5 Å². The van der Waals surface area contributed by atoms with Crippen molar-refractivity contribution in [1.82, 2.24) is 0 Å². The molecule has 9 heteroatoms. The molecule has 0 radical (unpaired) electrons. The zero-order valence-electron chi connectivity index (χ0n) is 13.3. The maximum Gasteiger partial charge on any atom is 0.273 e. The third kappa shape index (κ3) is 3.40. The van der Waals surface area contributed by atoms with E-state index in [2.05, 4.69) is 4.72 Å². The topological polar surface area (TPSA) is 108 Å². The van der Waals surface area contributed by atoms with Gasteiger partial charge in [0.2, 0.25) is 0 Å². The summed E-state index contributed by atoms with van der Waals surface area (Å²) in [6.07, 6.45) is 0. The molecular weight excluding hydrogens is 336 g/mol. The molecule has 0 atom stereocenters. The lowest BCUT2D eigenvalue weighted by atomic mass is 10.2. The fourth-order valence-corrected chi connectivity index (χ4v) is 3.51. The SMILES string of the molecule is COc1ccc(NS(=O)(=O)c2cccc([N+](=O)[O-])c2C)c(OC)c1. The van der Waals surface area contributed by atoms with E-state index in [9.17, 15) is 18.5 Å². The van der Waals surface area contributed by atoms with Crippen molar-refractivity contribution in [2.24, 2.45) is 0 Å². The number of anilines is 1. The van der Waals surface area contributed by atoms with Crippen molar-refractivity contribution in [3.8, 4) is 11.5 Å². The summed E-state index contributed by atoms with van der Waals surface area (Å²) in [4.78, 5) is 10.2. The molecule has 24 heavy (non-hydrogen) atoms. The van der Waals surface area contributed by atoms with Crippen molar-refractivity contribution in [2.75, 3.05) is 18.9 Å². The largest absolute Gasteiger partial charge is 0.497 e. The first-order valence-corrected chi connectivity index (χ1v) is 8.27. The minimum Gasteiger partial charge on any atom is -0.497 e. The molecule has 0 aromatic heterocycles. The van der Waals surface area contributed by atoms with Gasteiger partial charge in [-0.2, -0.15) is 0 Å². The molecule has 0 saturated heterocycles. The van der Waals surface area contributed by atoms with Crippen LogP contribution in [0.4, 0.5) is 11.4 Å². The molecule has 0 aliphatic heterocycles. The normalized spacial score (nSPS) is 11.0. The summed E-state index contributed by atoms with van der Waals surface area (Å²) >= 11 is 0.